The highest BCUT2D eigenvalue weighted by Gasteiger charge is 2.28. The minimum absolute atomic E-state index is 0.0350. The Labute approximate surface area is 200 Å². The molecule has 0 aromatic heterocycles. The normalized spacial score (nSPS) is 14.7. The van der Waals surface area contributed by atoms with Crippen LogP contribution in [0, 0.1) is 0 Å². The first kappa shape index (κ1) is 25.5. The van der Waals surface area contributed by atoms with Crippen molar-refractivity contribution in [3.8, 4) is 11.5 Å². The Hall–Kier alpha value is -3.11. The van der Waals surface area contributed by atoms with E-state index in [2.05, 4.69) is 5.32 Å². The summed E-state index contributed by atoms with van der Waals surface area (Å²) in [5, 5.41) is 2.72. The number of methoxy groups -OCH3 is 2. The average Bonchev–Trinajstić information content (AvgIpc) is 3.13. The number of likely N-dealkylation sites (N-methyl/N-ethyl adjacent to an activating group) is 1. The Morgan fingerprint density at radius 2 is 1.71 bits per heavy atom. The largest absolute Gasteiger partial charge is 0.497 e. The third-order valence-corrected chi connectivity index (χ3v) is 7.58. The molecule has 10 heteroatoms. The molecule has 2 amide bonds. The van der Waals surface area contributed by atoms with Gasteiger partial charge in [0.15, 0.2) is 0 Å². The zero-order valence-corrected chi connectivity index (χ0v) is 20.6. The number of carbonyl (C=O) groups excluding carboxylic acids is 2. The molecule has 1 saturated heterocycles. The van der Waals surface area contributed by atoms with E-state index >= 15 is 0 Å². The van der Waals surface area contributed by atoms with Crippen LogP contribution in [-0.4, -0.2) is 70.3 Å². The summed E-state index contributed by atoms with van der Waals surface area (Å²) in [5.74, 6) is -0.101. The quantitative estimate of drug-likeness (QED) is 0.611. The lowest BCUT2D eigenvalue weighted by atomic mass is 10.1. The van der Waals surface area contributed by atoms with Crippen molar-refractivity contribution < 1.29 is 27.5 Å². The van der Waals surface area contributed by atoms with Gasteiger partial charge in [-0.1, -0.05) is 18.9 Å². The van der Waals surface area contributed by atoms with Gasteiger partial charge in [-0.25, -0.2) is 8.42 Å². The third-order valence-electron chi connectivity index (χ3n) is 5.69. The molecule has 0 aliphatic carbocycles. The number of carbonyl (C=O) groups is 2. The summed E-state index contributed by atoms with van der Waals surface area (Å²) >= 11 is 0. The molecule has 1 fully saturated rings. The monoisotopic (exact) mass is 489 g/mol. The highest BCUT2D eigenvalue weighted by molar-refractivity contribution is 7.89. The van der Waals surface area contributed by atoms with Gasteiger partial charge in [-0.15, -0.1) is 0 Å². The highest BCUT2D eigenvalue weighted by Crippen LogP contribution is 2.27. The SMILES string of the molecule is COc1cccc(NC(=O)CN(C)C(=O)c2cc(S(=O)(=O)N3CCCCCC3)ccc2OC)c1. The van der Waals surface area contributed by atoms with Crippen molar-refractivity contribution >= 4 is 27.5 Å². The lowest BCUT2D eigenvalue weighted by molar-refractivity contribution is -0.116. The lowest BCUT2D eigenvalue weighted by Crippen LogP contribution is -2.35. The van der Waals surface area contributed by atoms with Gasteiger partial charge >= 0.3 is 0 Å². The number of amides is 2. The van der Waals surface area contributed by atoms with Crippen molar-refractivity contribution in [2.45, 2.75) is 30.6 Å². The molecule has 1 N–H and O–H groups in total. The van der Waals surface area contributed by atoms with E-state index in [1.807, 2.05) is 0 Å². The summed E-state index contributed by atoms with van der Waals surface area (Å²) in [6, 6.07) is 11.1. The van der Waals surface area contributed by atoms with Crippen LogP contribution in [0.4, 0.5) is 5.69 Å². The molecule has 2 aromatic carbocycles. The van der Waals surface area contributed by atoms with Crippen molar-refractivity contribution in [1.82, 2.24) is 9.21 Å². The van der Waals surface area contributed by atoms with Crippen molar-refractivity contribution in [3.05, 3.63) is 48.0 Å². The number of hydrogen-bond acceptors (Lipinski definition) is 6. The summed E-state index contributed by atoms with van der Waals surface area (Å²) in [6.45, 7) is 0.687. The lowest BCUT2D eigenvalue weighted by Gasteiger charge is -2.22. The maximum atomic E-state index is 13.2. The van der Waals surface area contributed by atoms with Crippen LogP contribution in [0.5, 0.6) is 11.5 Å². The summed E-state index contributed by atoms with van der Waals surface area (Å²) in [5.41, 5.74) is 0.614. The van der Waals surface area contributed by atoms with E-state index in [0.29, 0.717) is 24.5 Å². The molecule has 0 bridgehead atoms. The maximum absolute atomic E-state index is 13.2. The molecular formula is C24H31N3O6S. The van der Waals surface area contributed by atoms with Crippen LogP contribution in [0.3, 0.4) is 0 Å². The molecular weight excluding hydrogens is 458 g/mol. The molecule has 9 nitrogen and oxygen atoms in total. The summed E-state index contributed by atoms with van der Waals surface area (Å²) in [7, 11) is 0.666. The minimum atomic E-state index is -3.75. The Bertz CT molecular complexity index is 1130. The number of rotatable bonds is 8. The number of ether oxygens (including phenoxy) is 2. The molecule has 1 aliphatic rings. The first-order valence-corrected chi connectivity index (χ1v) is 12.6. The van der Waals surface area contributed by atoms with Crippen LogP contribution in [-0.2, 0) is 14.8 Å². The molecule has 34 heavy (non-hydrogen) atoms. The van der Waals surface area contributed by atoms with Gasteiger partial charge < -0.3 is 19.7 Å². The number of nitrogens with one attached hydrogen (secondary N) is 1. The van der Waals surface area contributed by atoms with Crippen LogP contribution in [0.1, 0.15) is 36.0 Å². The third kappa shape index (κ3) is 6.06. The number of hydrogen-bond donors (Lipinski definition) is 1. The van der Waals surface area contributed by atoms with Gasteiger partial charge in [0, 0.05) is 31.9 Å². The Morgan fingerprint density at radius 3 is 2.35 bits per heavy atom. The minimum Gasteiger partial charge on any atom is -0.497 e. The molecule has 1 heterocycles. The van der Waals surface area contributed by atoms with Gasteiger partial charge in [-0.05, 0) is 43.2 Å². The summed E-state index contributed by atoms with van der Waals surface area (Å²) in [4.78, 5) is 26.9. The second-order valence-corrected chi connectivity index (χ2v) is 10.1. The Morgan fingerprint density at radius 1 is 1.00 bits per heavy atom. The van der Waals surface area contributed by atoms with Crippen LogP contribution in [0.25, 0.3) is 0 Å². The molecule has 1 aliphatic heterocycles. The molecule has 2 aromatic rings. The number of benzene rings is 2. The maximum Gasteiger partial charge on any atom is 0.257 e. The summed E-state index contributed by atoms with van der Waals surface area (Å²) < 4.78 is 38.3. The molecule has 0 saturated carbocycles. The topological polar surface area (TPSA) is 105 Å². The second-order valence-electron chi connectivity index (χ2n) is 8.12. The Balaban J connectivity index is 1.77. The zero-order valence-electron chi connectivity index (χ0n) is 19.7. The second kappa shape index (κ2) is 11.3. The van der Waals surface area contributed by atoms with Gasteiger partial charge in [0.1, 0.15) is 11.5 Å². The van der Waals surface area contributed by atoms with E-state index < -0.39 is 21.8 Å². The van der Waals surface area contributed by atoms with Crippen molar-refractivity contribution in [2.24, 2.45) is 0 Å². The van der Waals surface area contributed by atoms with Crippen molar-refractivity contribution in [1.29, 1.82) is 0 Å². The number of nitrogens with zero attached hydrogens (tertiary/aromatic N) is 2. The molecule has 0 radical (unpaired) electrons. The number of sulfonamides is 1. The van der Waals surface area contributed by atoms with Gasteiger partial charge in [-0.2, -0.15) is 4.31 Å². The zero-order chi connectivity index (χ0) is 24.7. The first-order valence-electron chi connectivity index (χ1n) is 11.1. The molecule has 0 spiro atoms. The van der Waals surface area contributed by atoms with E-state index in [0.717, 1.165) is 25.7 Å². The predicted octanol–water partition coefficient (Wildman–Crippen LogP) is 2.98. The van der Waals surface area contributed by atoms with E-state index in [1.165, 1.54) is 48.7 Å². The molecule has 3 rings (SSSR count). The van der Waals surface area contributed by atoms with E-state index in [9.17, 15) is 18.0 Å². The molecule has 0 atom stereocenters. The van der Waals surface area contributed by atoms with Crippen LogP contribution < -0.4 is 14.8 Å². The molecule has 184 valence electrons. The van der Waals surface area contributed by atoms with E-state index in [1.54, 1.807) is 24.3 Å². The van der Waals surface area contributed by atoms with Gasteiger partial charge in [-0.3, -0.25) is 9.59 Å². The standard InChI is InChI=1S/C24H31N3O6S/c1-26(17-23(28)25-18-9-8-10-19(15-18)32-2)24(29)21-16-20(11-12-22(21)33-3)34(30,31)27-13-6-4-5-7-14-27/h8-12,15-16H,4-7,13-14,17H2,1-3H3,(H,25,28). The fraction of sp³-hybridized carbons (Fsp3) is 0.417. The fourth-order valence-electron chi connectivity index (χ4n) is 3.84. The summed E-state index contributed by atoms with van der Waals surface area (Å²) in [6.07, 6.45) is 3.63. The van der Waals surface area contributed by atoms with Crippen molar-refractivity contribution in [2.75, 3.05) is 46.2 Å². The van der Waals surface area contributed by atoms with Crippen LogP contribution in [0.2, 0.25) is 0 Å². The van der Waals surface area contributed by atoms with Crippen LogP contribution >= 0.6 is 0 Å². The van der Waals surface area contributed by atoms with Crippen molar-refractivity contribution in [3.63, 3.8) is 0 Å². The molecule has 0 unspecified atom stereocenters. The smallest absolute Gasteiger partial charge is 0.257 e. The Kier molecular flexibility index (Phi) is 8.51. The van der Waals surface area contributed by atoms with Gasteiger partial charge in [0.05, 0.1) is 31.2 Å². The first-order chi connectivity index (χ1) is 16.3. The average molecular weight is 490 g/mol. The van der Waals surface area contributed by atoms with Gasteiger partial charge in [0.2, 0.25) is 15.9 Å². The number of anilines is 1. The van der Waals surface area contributed by atoms with E-state index in [-0.39, 0.29) is 22.8 Å². The van der Waals surface area contributed by atoms with Gasteiger partial charge in [0.25, 0.3) is 5.91 Å². The van der Waals surface area contributed by atoms with Crippen LogP contribution in [0.15, 0.2) is 47.4 Å². The fourth-order valence-corrected chi connectivity index (χ4v) is 5.38. The predicted molar refractivity (Wildman–Crippen MR) is 129 cm³/mol. The van der Waals surface area contributed by atoms with E-state index in [4.69, 9.17) is 9.47 Å². The highest BCUT2D eigenvalue weighted by atomic mass is 32.2.